The third-order valence-corrected chi connectivity index (χ3v) is 2.54. The second-order valence-corrected chi connectivity index (χ2v) is 4.14. The van der Waals surface area contributed by atoms with Crippen LogP contribution >= 0.6 is 11.6 Å². The van der Waals surface area contributed by atoms with E-state index in [2.05, 4.69) is 5.32 Å². The minimum atomic E-state index is -1.19. The number of carbonyl (C=O) groups excluding carboxylic acids is 1. The average Bonchev–Trinajstić information content (AvgIpc) is 2.36. The molecule has 0 aromatic heterocycles. The molecule has 0 radical (unpaired) electrons. The van der Waals surface area contributed by atoms with Crippen molar-refractivity contribution in [3.63, 3.8) is 0 Å². The smallest absolute Gasteiger partial charge is 0.246 e. The van der Waals surface area contributed by atoms with E-state index in [9.17, 15) is 10.1 Å². The van der Waals surface area contributed by atoms with Gasteiger partial charge in [0.05, 0.1) is 12.1 Å². The number of benzene rings is 1. The van der Waals surface area contributed by atoms with Crippen LogP contribution in [0.2, 0.25) is 5.02 Å². The Hall–Kier alpha value is -2.30. The lowest BCUT2D eigenvalue weighted by molar-refractivity contribution is -0.117. The van der Waals surface area contributed by atoms with Crippen molar-refractivity contribution >= 4 is 17.5 Å². The van der Waals surface area contributed by atoms with E-state index in [0.29, 0.717) is 10.6 Å². The summed E-state index contributed by atoms with van der Waals surface area (Å²) in [5.74, 6) is -0.513. The van der Waals surface area contributed by atoms with Crippen LogP contribution in [-0.4, -0.2) is 5.91 Å². The highest BCUT2D eigenvalue weighted by Gasteiger charge is 2.27. The average molecular weight is 260 g/mol. The molecule has 0 fully saturated rings. The van der Waals surface area contributed by atoms with Crippen LogP contribution in [0.4, 0.5) is 0 Å². The standard InChI is InChI=1S/C13H10ClN3O/c1-13(9-16,17-12(18)6-3-7-15)10-4-2-5-11(14)8-10/h2-6,8H,1H3,(H,17,18)/b6-3+. The number of amides is 1. The van der Waals surface area contributed by atoms with Crippen LogP contribution in [0.5, 0.6) is 0 Å². The molecule has 0 saturated heterocycles. The van der Waals surface area contributed by atoms with Crippen LogP contribution in [-0.2, 0) is 10.3 Å². The van der Waals surface area contributed by atoms with Crippen LogP contribution in [0.3, 0.4) is 0 Å². The van der Waals surface area contributed by atoms with E-state index in [1.807, 2.05) is 6.07 Å². The molecule has 1 atom stereocenters. The topological polar surface area (TPSA) is 76.7 Å². The summed E-state index contributed by atoms with van der Waals surface area (Å²) in [5.41, 5.74) is -0.613. The number of carbonyl (C=O) groups is 1. The van der Waals surface area contributed by atoms with E-state index in [1.165, 1.54) is 0 Å². The number of rotatable bonds is 3. The van der Waals surface area contributed by atoms with E-state index in [-0.39, 0.29) is 0 Å². The Morgan fingerprint density at radius 3 is 2.78 bits per heavy atom. The third-order valence-electron chi connectivity index (χ3n) is 2.31. The highest BCUT2D eigenvalue weighted by atomic mass is 35.5. The molecule has 1 N–H and O–H groups in total. The van der Waals surface area contributed by atoms with Crippen LogP contribution in [0, 0.1) is 22.7 Å². The Morgan fingerprint density at radius 1 is 1.50 bits per heavy atom. The minimum Gasteiger partial charge on any atom is -0.331 e. The number of nitriles is 2. The molecule has 0 heterocycles. The number of nitrogens with zero attached hydrogens (tertiary/aromatic N) is 2. The van der Waals surface area contributed by atoms with Crippen LogP contribution in [0.1, 0.15) is 12.5 Å². The predicted molar refractivity (Wildman–Crippen MR) is 67.3 cm³/mol. The van der Waals surface area contributed by atoms with Crippen LogP contribution in [0.25, 0.3) is 0 Å². The van der Waals surface area contributed by atoms with E-state index in [1.54, 1.807) is 37.3 Å². The number of hydrogen-bond donors (Lipinski definition) is 1. The molecule has 1 amide bonds. The van der Waals surface area contributed by atoms with E-state index >= 15 is 0 Å². The molecule has 90 valence electrons. The summed E-state index contributed by atoms with van der Waals surface area (Å²) >= 11 is 5.85. The minimum absolute atomic E-state index is 0.482. The second kappa shape index (κ2) is 5.86. The predicted octanol–water partition coefficient (Wildman–Crippen LogP) is 2.27. The van der Waals surface area contributed by atoms with Gasteiger partial charge in [0, 0.05) is 17.2 Å². The maximum Gasteiger partial charge on any atom is 0.246 e. The summed E-state index contributed by atoms with van der Waals surface area (Å²) in [5, 5.41) is 20.5. The van der Waals surface area contributed by atoms with Gasteiger partial charge in [-0.25, -0.2) is 0 Å². The number of halogens is 1. The lowest BCUT2D eigenvalue weighted by atomic mass is 9.93. The zero-order valence-electron chi connectivity index (χ0n) is 9.64. The fraction of sp³-hybridized carbons (Fsp3) is 0.154. The maximum absolute atomic E-state index is 11.5. The quantitative estimate of drug-likeness (QED) is 0.668. The van der Waals surface area contributed by atoms with Gasteiger partial charge in [-0.3, -0.25) is 4.79 Å². The molecule has 1 aromatic carbocycles. The van der Waals surface area contributed by atoms with E-state index in [4.69, 9.17) is 16.9 Å². The molecule has 0 aliphatic carbocycles. The normalized spacial score (nSPS) is 13.3. The van der Waals surface area contributed by atoms with Gasteiger partial charge in [0.15, 0.2) is 5.54 Å². The SMILES string of the molecule is CC(C#N)(NC(=O)/C=C/C#N)c1cccc(Cl)c1. The van der Waals surface area contributed by atoms with Crippen molar-refractivity contribution in [1.82, 2.24) is 5.32 Å². The van der Waals surface area contributed by atoms with Gasteiger partial charge in [0.1, 0.15) is 0 Å². The lowest BCUT2D eigenvalue weighted by Gasteiger charge is -2.23. The van der Waals surface area contributed by atoms with Gasteiger partial charge >= 0.3 is 0 Å². The Balaban J connectivity index is 3.01. The van der Waals surface area contributed by atoms with Gasteiger partial charge in [-0.15, -0.1) is 0 Å². The highest BCUT2D eigenvalue weighted by Crippen LogP contribution is 2.22. The van der Waals surface area contributed by atoms with E-state index < -0.39 is 11.4 Å². The van der Waals surface area contributed by atoms with Gasteiger partial charge in [-0.1, -0.05) is 23.7 Å². The number of hydrogen-bond acceptors (Lipinski definition) is 3. The first-order valence-corrected chi connectivity index (χ1v) is 5.45. The molecule has 4 nitrogen and oxygen atoms in total. The van der Waals surface area contributed by atoms with Gasteiger partial charge in [-0.2, -0.15) is 10.5 Å². The van der Waals surface area contributed by atoms with Crippen molar-refractivity contribution < 1.29 is 4.79 Å². The van der Waals surface area contributed by atoms with Gasteiger partial charge in [0.2, 0.25) is 5.91 Å². The zero-order chi connectivity index (χ0) is 13.6. The van der Waals surface area contributed by atoms with Crippen molar-refractivity contribution in [2.75, 3.05) is 0 Å². The maximum atomic E-state index is 11.5. The number of allylic oxidation sites excluding steroid dienone is 1. The molecule has 5 heteroatoms. The molecule has 0 saturated carbocycles. The largest absolute Gasteiger partial charge is 0.331 e. The van der Waals surface area contributed by atoms with Crippen LogP contribution < -0.4 is 5.32 Å². The van der Waals surface area contributed by atoms with Gasteiger partial charge < -0.3 is 5.32 Å². The Bertz CT molecular complexity index is 568. The second-order valence-electron chi connectivity index (χ2n) is 3.70. The van der Waals surface area contributed by atoms with Crippen molar-refractivity contribution in [1.29, 1.82) is 10.5 Å². The third kappa shape index (κ3) is 3.35. The summed E-state index contributed by atoms with van der Waals surface area (Å²) in [7, 11) is 0. The van der Waals surface area contributed by atoms with Gasteiger partial charge in [0.25, 0.3) is 0 Å². The summed E-state index contributed by atoms with van der Waals surface area (Å²) < 4.78 is 0. The molecule has 1 aromatic rings. The highest BCUT2D eigenvalue weighted by molar-refractivity contribution is 6.30. The molecule has 0 aliphatic rings. The Kier molecular flexibility index (Phi) is 4.48. The van der Waals surface area contributed by atoms with Crippen LogP contribution in [0.15, 0.2) is 36.4 Å². The molecular formula is C13H10ClN3O. The molecule has 18 heavy (non-hydrogen) atoms. The summed E-state index contributed by atoms with van der Waals surface area (Å²) in [6, 6.07) is 10.4. The fourth-order valence-corrected chi connectivity index (χ4v) is 1.56. The fourth-order valence-electron chi connectivity index (χ4n) is 1.37. The van der Waals surface area contributed by atoms with Crippen molar-refractivity contribution in [2.45, 2.75) is 12.5 Å². The van der Waals surface area contributed by atoms with Crippen molar-refractivity contribution in [2.24, 2.45) is 0 Å². The first-order valence-electron chi connectivity index (χ1n) is 5.07. The van der Waals surface area contributed by atoms with Gasteiger partial charge in [-0.05, 0) is 24.6 Å². The lowest BCUT2D eigenvalue weighted by Crippen LogP contribution is -2.41. The van der Waals surface area contributed by atoms with E-state index in [0.717, 1.165) is 12.2 Å². The summed E-state index contributed by atoms with van der Waals surface area (Å²) in [6.07, 6.45) is 2.12. The first kappa shape index (κ1) is 13.8. The molecular weight excluding hydrogens is 250 g/mol. The summed E-state index contributed by atoms with van der Waals surface area (Å²) in [4.78, 5) is 11.5. The molecule has 0 spiro atoms. The first-order chi connectivity index (χ1) is 8.51. The van der Waals surface area contributed by atoms with Crippen molar-refractivity contribution in [3.05, 3.63) is 47.0 Å². The van der Waals surface area contributed by atoms with Crippen molar-refractivity contribution in [3.8, 4) is 12.1 Å². The molecule has 0 bridgehead atoms. The zero-order valence-corrected chi connectivity index (χ0v) is 10.4. The molecule has 1 rings (SSSR count). The molecule has 0 aliphatic heterocycles. The number of nitrogens with one attached hydrogen (secondary N) is 1. The Labute approximate surface area is 110 Å². The molecule has 1 unspecified atom stereocenters. The Morgan fingerprint density at radius 2 is 2.22 bits per heavy atom. The summed E-state index contributed by atoms with van der Waals surface area (Å²) in [6.45, 7) is 1.57. The monoisotopic (exact) mass is 259 g/mol.